The topological polar surface area (TPSA) is 47.4 Å². The fourth-order valence-electron chi connectivity index (χ4n) is 5.18. The molecule has 5 heteroatoms. The van der Waals surface area contributed by atoms with Gasteiger partial charge in [-0.2, -0.15) is 0 Å². The fourth-order valence-corrected chi connectivity index (χ4v) is 5.18. The van der Waals surface area contributed by atoms with Gasteiger partial charge in [0.2, 0.25) is 5.91 Å². The average Bonchev–Trinajstić information content (AvgIpc) is 3.36. The van der Waals surface area contributed by atoms with E-state index in [0.717, 1.165) is 45.0 Å². The summed E-state index contributed by atoms with van der Waals surface area (Å²) < 4.78 is 8.39. The number of ether oxygens (including phenoxy) is 1. The van der Waals surface area contributed by atoms with Crippen molar-refractivity contribution in [1.82, 2.24) is 9.55 Å². The first-order valence-corrected chi connectivity index (χ1v) is 11.9. The van der Waals surface area contributed by atoms with Gasteiger partial charge in [-0.25, -0.2) is 4.98 Å². The lowest BCUT2D eigenvalue weighted by atomic mass is 10.1. The normalized spacial score (nSPS) is 15.9. The molecule has 1 fully saturated rings. The number of fused-ring (bicyclic) bond motifs is 1. The minimum Gasteiger partial charge on any atom is -0.491 e. The van der Waals surface area contributed by atoms with E-state index in [1.54, 1.807) is 0 Å². The predicted octanol–water partition coefficient (Wildman–Crippen LogP) is 5.87. The number of nitrogens with zero attached hydrogens (tertiary/aromatic N) is 3. The maximum atomic E-state index is 13.1. The summed E-state index contributed by atoms with van der Waals surface area (Å²) in [5.74, 6) is 2.08. The quantitative estimate of drug-likeness (QED) is 0.367. The van der Waals surface area contributed by atoms with Gasteiger partial charge in [0.05, 0.1) is 17.6 Å². The summed E-state index contributed by atoms with van der Waals surface area (Å²) in [6.07, 6.45) is 0.467. The monoisotopic (exact) mass is 453 g/mol. The third-order valence-corrected chi connectivity index (χ3v) is 6.79. The van der Waals surface area contributed by atoms with Gasteiger partial charge in [-0.1, -0.05) is 48.0 Å². The molecule has 5 rings (SSSR count). The first kappa shape index (κ1) is 22.2. The lowest BCUT2D eigenvalue weighted by Gasteiger charge is -2.21. The number of para-hydroxylation sites is 3. The van der Waals surface area contributed by atoms with E-state index in [9.17, 15) is 4.79 Å². The van der Waals surface area contributed by atoms with Crippen LogP contribution in [0.25, 0.3) is 11.0 Å². The zero-order valence-corrected chi connectivity index (χ0v) is 20.3. The molecule has 1 atom stereocenters. The molecular formula is C29H31N3O2. The molecule has 1 amide bonds. The smallest absolute Gasteiger partial charge is 0.227 e. The number of rotatable bonds is 6. The molecular weight excluding hydrogens is 422 g/mol. The number of benzene rings is 3. The summed E-state index contributed by atoms with van der Waals surface area (Å²) in [5.41, 5.74) is 7.71. The summed E-state index contributed by atoms with van der Waals surface area (Å²) in [4.78, 5) is 20.1. The summed E-state index contributed by atoms with van der Waals surface area (Å²) in [7, 11) is 0. The van der Waals surface area contributed by atoms with Gasteiger partial charge in [0.15, 0.2) is 0 Å². The maximum absolute atomic E-state index is 13.1. The van der Waals surface area contributed by atoms with Gasteiger partial charge < -0.3 is 14.2 Å². The van der Waals surface area contributed by atoms with E-state index in [-0.39, 0.29) is 11.8 Å². The van der Waals surface area contributed by atoms with E-state index in [0.29, 0.717) is 26.1 Å². The molecule has 0 aliphatic carbocycles. The molecule has 0 bridgehead atoms. The van der Waals surface area contributed by atoms with Crippen LogP contribution in [0.1, 0.15) is 40.4 Å². The number of imidazole rings is 1. The summed E-state index contributed by atoms with van der Waals surface area (Å²) in [6.45, 7) is 10.2. The zero-order valence-electron chi connectivity index (χ0n) is 20.3. The highest BCUT2D eigenvalue weighted by molar-refractivity contribution is 5.98. The Kier molecular flexibility index (Phi) is 5.86. The molecule has 0 unspecified atom stereocenters. The lowest BCUT2D eigenvalue weighted by Crippen LogP contribution is -2.26. The minimum atomic E-state index is 0.0417. The largest absolute Gasteiger partial charge is 0.491 e. The van der Waals surface area contributed by atoms with E-state index in [1.807, 2.05) is 35.2 Å². The van der Waals surface area contributed by atoms with Crippen LogP contribution in [-0.4, -0.2) is 28.6 Å². The van der Waals surface area contributed by atoms with E-state index in [2.05, 4.69) is 62.6 Å². The molecule has 3 aromatic carbocycles. The summed E-state index contributed by atoms with van der Waals surface area (Å²) in [6, 6.07) is 20.6. The average molecular weight is 454 g/mol. The van der Waals surface area contributed by atoms with Crippen molar-refractivity contribution in [3.8, 4) is 5.75 Å². The number of aryl methyl sites for hydroxylation is 4. The molecule has 4 aromatic rings. The second-order valence-electron chi connectivity index (χ2n) is 9.37. The first-order valence-electron chi connectivity index (χ1n) is 11.9. The van der Waals surface area contributed by atoms with Crippen molar-refractivity contribution in [2.75, 3.05) is 18.1 Å². The number of hydrogen-bond acceptors (Lipinski definition) is 3. The number of anilines is 1. The molecule has 0 N–H and O–H groups in total. The molecule has 0 saturated carbocycles. The first-order chi connectivity index (χ1) is 16.4. The molecule has 1 aliphatic rings. The van der Waals surface area contributed by atoms with Crippen LogP contribution >= 0.6 is 0 Å². The van der Waals surface area contributed by atoms with Gasteiger partial charge in [0.25, 0.3) is 0 Å². The standard InChI is InChI=1S/C29H31N3O2/c1-19-12-13-26(22(4)16-19)34-15-14-31-25-11-6-5-10-24(25)30-29(31)23-17-27(33)32(18-23)28-20(2)8-7-9-21(28)3/h5-13,16,23H,14-15,17-18H2,1-4H3/t23-/m0/s1. The van der Waals surface area contributed by atoms with Crippen molar-refractivity contribution in [2.24, 2.45) is 0 Å². The van der Waals surface area contributed by atoms with Gasteiger partial charge in [-0.15, -0.1) is 0 Å². The molecule has 174 valence electrons. The van der Waals surface area contributed by atoms with Crippen molar-refractivity contribution in [3.05, 3.63) is 88.7 Å². The molecule has 34 heavy (non-hydrogen) atoms. The maximum Gasteiger partial charge on any atom is 0.227 e. The second-order valence-corrected chi connectivity index (χ2v) is 9.37. The van der Waals surface area contributed by atoms with Gasteiger partial charge in [0.1, 0.15) is 18.2 Å². The predicted molar refractivity (Wildman–Crippen MR) is 137 cm³/mol. The Morgan fingerprint density at radius 2 is 1.71 bits per heavy atom. The highest BCUT2D eigenvalue weighted by atomic mass is 16.5. The molecule has 1 aliphatic heterocycles. The van der Waals surface area contributed by atoms with Gasteiger partial charge in [-0.3, -0.25) is 4.79 Å². The van der Waals surface area contributed by atoms with Crippen molar-refractivity contribution in [1.29, 1.82) is 0 Å². The van der Waals surface area contributed by atoms with Gasteiger partial charge >= 0.3 is 0 Å². The third kappa shape index (κ3) is 4.07. The number of aromatic nitrogens is 2. The molecule has 1 aromatic heterocycles. The molecule has 0 radical (unpaired) electrons. The van der Waals surface area contributed by atoms with E-state index >= 15 is 0 Å². The van der Waals surface area contributed by atoms with Crippen molar-refractivity contribution < 1.29 is 9.53 Å². The van der Waals surface area contributed by atoms with E-state index in [1.165, 1.54) is 5.56 Å². The number of hydrogen-bond donors (Lipinski definition) is 0. The highest BCUT2D eigenvalue weighted by Crippen LogP contribution is 2.36. The Morgan fingerprint density at radius 3 is 2.47 bits per heavy atom. The van der Waals surface area contributed by atoms with Crippen LogP contribution in [0.2, 0.25) is 0 Å². The minimum absolute atomic E-state index is 0.0417. The van der Waals surface area contributed by atoms with Crippen LogP contribution in [0.5, 0.6) is 5.75 Å². The zero-order chi connectivity index (χ0) is 23.8. The van der Waals surface area contributed by atoms with Gasteiger partial charge in [0, 0.05) is 24.6 Å². The fraction of sp³-hybridized carbons (Fsp3) is 0.310. The Morgan fingerprint density at radius 1 is 0.941 bits per heavy atom. The van der Waals surface area contributed by atoms with Crippen LogP contribution in [0.4, 0.5) is 5.69 Å². The van der Waals surface area contributed by atoms with Crippen molar-refractivity contribution >= 4 is 22.6 Å². The van der Waals surface area contributed by atoms with Gasteiger partial charge in [-0.05, 0) is 62.6 Å². The van der Waals surface area contributed by atoms with Crippen LogP contribution < -0.4 is 9.64 Å². The van der Waals surface area contributed by atoms with Crippen molar-refractivity contribution in [2.45, 2.75) is 46.6 Å². The summed E-state index contributed by atoms with van der Waals surface area (Å²) >= 11 is 0. The molecule has 2 heterocycles. The van der Waals surface area contributed by atoms with Crippen LogP contribution in [0, 0.1) is 27.7 Å². The number of carbonyl (C=O) groups excluding carboxylic acids is 1. The number of amides is 1. The highest BCUT2D eigenvalue weighted by Gasteiger charge is 2.35. The van der Waals surface area contributed by atoms with Crippen LogP contribution in [-0.2, 0) is 11.3 Å². The molecule has 0 spiro atoms. The molecule has 1 saturated heterocycles. The van der Waals surface area contributed by atoms with E-state index < -0.39 is 0 Å². The Bertz CT molecular complexity index is 1350. The molecule has 5 nitrogen and oxygen atoms in total. The SMILES string of the molecule is Cc1ccc(OCCn2c([C@H]3CC(=O)N(c4c(C)cccc4C)C3)nc3ccccc32)c(C)c1. The Labute approximate surface area is 201 Å². The van der Waals surface area contributed by atoms with Crippen LogP contribution in [0.3, 0.4) is 0 Å². The third-order valence-electron chi connectivity index (χ3n) is 6.79. The lowest BCUT2D eigenvalue weighted by molar-refractivity contribution is -0.117. The number of carbonyl (C=O) groups is 1. The Balaban J connectivity index is 1.42. The Hall–Kier alpha value is -3.60. The summed E-state index contributed by atoms with van der Waals surface area (Å²) in [5, 5.41) is 0. The second kappa shape index (κ2) is 8.98. The van der Waals surface area contributed by atoms with Crippen molar-refractivity contribution in [3.63, 3.8) is 0 Å². The van der Waals surface area contributed by atoms with Crippen LogP contribution in [0.15, 0.2) is 60.7 Å². The van der Waals surface area contributed by atoms with E-state index in [4.69, 9.17) is 9.72 Å².